The maximum atomic E-state index is 12.6. The Kier molecular flexibility index (Phi) is 8.51. The Morgan fingerprint density at radius 3 is 2.00 bits per heavy atom. The van der Waals surface area contributed by atoms with E-state index in [0.29, 0.717) is 12.2 Å². The van der Waals surface area contributed by atoms with Crippen LogP contribution in [0.5, 0.6) is 11.5 Å². The molecule has 1 atom stereocenters. The molecule has 1 radical (unpaired) electrons. The molecule has 0 fully saturated rings. The molecule has 157 valence electrons. The molecule has 29 heavy (non-hydrogen) atoms. The minimum Gasteiger partial charge on any atom is -0.508 e. The van der Waals surface area contributed by atoms with Crippen LogP contribution in [0.15, 0.2) is 58.3 Å². The molecule has 1 amide bonds. The van der Waals surface area contributed by atoms with Crippen LogP contribution in [-0.4, -0.2) is 25.5 Å². The molecule has 0 saturated heterocycles. The van der Waals surface area contributed by atoms with Crippen LogP contribution in [0.1, 0.15) is 51.9 Å². The molecule has 2 N–H and O–H groups in total. The van der Waals surface area contributed by atoms with Crippen molar-refractivity contribution in [2.45, 2.75) is 67.8 Å². The van der Waals surface area contributed by atoms with E-state index < -0.39 is 21.8 Å². The van der Waals surface area contributed by atoms with E-state index in [4.69, 9.17) is 10.5 Å². The number of carbonyl (C=O) groups is 1. The van der Waals surface area contributed by atoms with Gasteiger partial charge in [-0.05, 0) is 61.4 Å². The number of unbranched alkanes of at least 4 members (excludes halogenated alkanes) is 5. The van der Waals surface area contributed by atoms with E-state index in [9.17, 15) is 18.3 Å². The van der Waals surface area contributed by atoms with E-state index in [1.165, 1.54) is 67.8 Å². The van der Waals surface area contributed by atoms with E-state index in [-0.39, 0.29) is 15.5 Å². The summed E-state index contributed by atoms with van der Waals surface area (Å²) < 4.78 is 30.9. The number of ether oxygens (including phenoxy) is 1. The number of benzene rings is 2. The number of nitrogens with one attached hydrogen (secondary N) is 1. The predicted molar refractivity (Wildman–Crippen MR) is 111 cm³/mol. The fraction of sp³-hybridized carbons (Fsp3) is 0.409. The lowest BCUT2D eigenvalue weighted by Crippen LogP contribution is -2.28. The molecule has 0 aliphatic carbocycles. The average molecular weight is 419 g/mol. The summed E-state index contributed by atoms with van der Waals surface area (Å²) in [4.78, 5) is 11.7. The number of rotatable bonds is 12. The van der Waals surface area contributed by atoms with Crippen molar-refractivity contribution in [2.24, 2.45) is 0 Å². The van der Waals surface area contributed by atoms with Gasteiger partial charge in [0, 0.05) is 0 Å². The summed E-state index contributed by atoms with van der Waals surface area (Å²) in [6.45, 7) is 2.16. The quantitative estimate of drug-likeness (QED) is 0.510. The van der Waals surface area contributed by atoms with Crippen molar-refractivity contribution >= 4 is 15.7 Å². The second kappa shape index (κ2) is 10.9. The molecule has 2 aromatic carbocycles. The van der Waals surface area contributed by atoms with E-state index in [1.54, 1.807) is 0 Å². The van der Waals surface area contributed by atoms with Gasteiger partial charge >= 0.3 is 0 Å². The van der Waals surface area contributed by atoms with Crippen LogP contribution < -0.4 is 10.5 Å². The standard InChI is InChI=1S/C22H28NO5S/c1-2-3-4-5-6-7-8-21(22(23)25)28-18-11-15-20(16-12-18)29(26,27)19-13-9-17(24)10-14-19/h9-16,21,23-24H,2-8H2,1H3. The van der Waals surface area contributed by atoms with E-state index in [0.717, 1.165) is 19.3 Å². The molecule has 6 nitrogen and oxygen atoms in total. The lowest BCUT2D eigenvalue weighted by Gasteiger charge is -2.16. The zero-order valence-electron chi connectivity index (χ0n) is 16.6. The van der Waals surface area contributed by atoms with Crippen LogP contribution >= 0.6 is 0 Å². The Bertz CT molecular complexity index is 876. The van der Waals surface area contributed by atoms with Gasteiger partial charge in [0.25, 0.3) is 5.91 Å². The van der Waals surface area contributed by atoms with Gasteiger partial charge in [-0.15, -0.1) is 0 Å². The summed E-state index contributed by atoms with van der Waals surface area (Å²) in [6.07, 6.45) is 6.10. The summed E-state index contributed by atoms with van der Waals surface area (Å²) in [7, 11) is -3.71. The van der Waals surface area contributed by atoms with Crippen molar-refractivity contribution < 1.29 is 23.1 Å². The van der Waals surface area contributed by atoms with Crippen LogP contribution in [-0.2, 0) is 14.6 Å². The maximum Gasteiger partial charge on any atom is 0.279 e. The Hall–Kier alpha value is -2.54. The Labute approximate surface area is 172 Å². The molecule has 0 bridgehead atoms. The second-order valence-corrected chi connectivity index (χ2v) is 8.95. The third-order valence-electron chi connectivity index (χ3n) is 4.67. The Balaban J connectivity index is 1.98. The predicted octanol–water partition coefficient (Wildman–Crippen LogP) is 4.53. The zero-order valence-corrected chi connectivity index (χ0v) is 17.5. The van der Waals surface area contributed by atoms with Crippen molar-refractivity contribution in [1.29, 1.82) is 0 Å². The van der Waals surface area contributed by atoms with Gasteiger partial charge in [0.05, 0.1) is 9.79 Å². The van der Waals surface area contributed by atoms with Crippen molar-refractivity contribution in [3.05, 3.63) is 48.5 Å². The SMILES string of the molecule is CCCCCCCCC(Oc1ccc(S(=O)(=O)c2ccc(O)cc2)cc1)C([NH])=O. The fourth-order valence-corrected chi connectivity index (χ4v) is 4.24. The molecule has 1 unspecified atom stereocenters. The number of carbonyl (C=O) groups excluding carboxylic acids is 1. The molecule has 7 heteroatoms. The van der Waals surface area contributed by atoms with E-state index >= 15 is 0 Å². The number of aromatic hydroxyl groups is 1. The van der Waals surface area contributed by atoms with Gasteiger partial charge in [-0.3, -0.25) is 10.5 Å². The summed E-state index contributed by atoms with van der Waals surface area (Å²) in [5.41, 5.74) is 7.42. The number of hydrogen-bond acceptors (Lipinski definition) is 5. The van der Waals surface area contributed by atoms with Crippen LogP contribution in [0, 0.1) is 0 Å². The van der Waals surface area contributed by atoms with Gasteiger partial charge in [-0.2, -0.15) is 0 Å². The maximum absolute atomic E-state index is 12.6. The number of phenolic OH excluding ortho intramolecular Hbond substituents is 1. The highest BCUT2D eigenvalue weighted by atomic mass is 32.2. The number of sulfone groups is 1. The normalized spacial score (nSPS) is 12.4. The third kappa shape index (κ3) is 6.78. The highest BCUT2D eigenvalue weighted by Gasteiger charge is 2.20. The molecule has 0 spiro atoms. The summed E-state index contributed by atoms with van der Waals surface area (Å²) in [5, 5.41) is 9.32. The van der Waals surface area contributed by atoms with Gasteiger partial charge in [-0.1, -0.05) is 39.0 Å². The first-order valence-electron chi connectivity index (χ1n) is 9.91. The molecule has 2 aromatic rings. The summed E-state index contributed by atoms with van der Waals surface area (Å²) in [6, 6.07) is 11.1. The molecule has 0 aromatic heterocycles. The molecule has 0 saturated carbocycles. The average Bonchev–Trinajstić information content (AvgIpc) is 2.70. The molecule has 0 heterocycles. The first kappa shape index (κ1) is 22.7. The first-order valence-corrected chi connectivity index (χ1v) is 11.4. The summed E-state index contributed by atoms with van der Waals surface area (Å²) in [5.74, 6) is -0.435. The van der Waals surface area contributed by atoms with Crippen molar-refractivity contribution in [3.8, 4) is 11.5 Å². The smallest absolute Gasteiger partial charge is 0.279 e. The topological polar surface area (TPSA) is 104 Å². The summed E-state index contributed by atoms with van der Waals surface area (Å²) >= 11 is 0. The lowest BCUT2D eigenvalue weighted by atomic mass is 10.1. The number of phenols is 1. The van der Waals surface area contributed by atoms with Crippen LogP contribution in [0.3, 0.4) is 0 Å². The van der Waals surface area contributed by atoms with Crippen LogP contribution in [0.25, 0.3) is 0 Å². The second-order valence-electron chi connectivity index (χ2n) is 7.00. The largest absolute Gasteiger partial charge is 0.508 e. The van der Waals surface area contributed by atoms with Crippen molar-refractivity contribution in [3.63, 3.8) is 0 Å². The van der Waals surface area contributed by atoms with Crippen LogP contribution in [0.4, 0.5) is 0 Å². The Morgan fingerprint density at radius 1 is 0.931 bits per heavy atom. The van der Waals surface area contributed by atoms with Gasteiger partial charge < -0.3 is 9.84 Å². The molecule has 0 aliphatic rings. The van der Waals surface area contributed by atoms with Crippen molar-refractivity contribution in [1.82, 2.24) is 5.73 Å². The Morgan fingerprint density at radius 2 is 1.45 bits per heavy atom. The lowest BCUT2D eigenvalue weighted by molar-refractivity contribution is -0.125. The van der Waals surface area contributed by atoms with Crippen molar-refractivity contribution in [2.75, 3.05) is 0 Å². The minimum atomic E-state index is -3.71. The number of hydrogen-bond donors (Lipinski definition) is 1. The first-order chi connectivity index (χ1) is 13.8. The third-order valence-corrected chi connectivity index (χ3v) is 6.46. The zero-order chi connectivity index (χ0) is 21.3. The van der Waals surface area contributed by atoms with Gasteiger partial charge in [-0.25, -0.2) is 8.42 Å². The van der Waals surface area contributed by atoms with E-state index in [1.807, 2.05) is 0 Å². The molecule has 0 aliphatic heterocycles. The minimum absolute atomic E-state index is 0.0100. The highest BCUT2D eigenvalue weighted by Crippen LogP contribution is 2.25. The van der Waals surface area contributed by atoms with Gasteiger partial charge in [0.15, 0.2) is 6.10 Å². The molecule has 2 rings (SSSR count). The van der Waals surface area contributed by atoms with Crippen LogP contribution in [0.2, 0.25) is 0 Å². The molecular formula is C22H28NO5S. The molecular weight excluding hydrogens is 390 g/mol. The van der Waals surface area contributed by atoms with Gasteiger partial charge in [0.2, 0.25) is 9.84 Å². The fourth-order valence-electron chi connectivity index (χ4n) is 2.98. The number of amides is 1. The van der Waals surface area contributed by atoms with E-state index in [2.05, 4.69) is 6.92 Å². The highest BCUT2D eigenvalue weighted by molar-refractivity contribution is 7.91. The van der Waals surface area contributed by atoms with Gasteiger partial charge in [0.1, 0.15) is 11.5 Å². The monoisotopic (exact) mass is 418 g/mol.